The molecule has 2 heterocycles. The minimum atomic E-state index is -1.01. The Balaban J connectivity index is 1.76. The molecule has 1 aliphatic rings. The lowest BCUT2D eigenvalue weighted by Gasteiger charge is -2.41. The molecule has 2 rings (SSSR count). The number of likely N-dealkylation sites (N-methyl/N-ethyl adjacent to an activating group) is 1. The molecule has 444 valence electrons. The van der Waals surface area contributed by atoms with Crippen molar-refractivity contribution in [1.82, 2.24) is 8.75 Å². The van der Waals surface area contributed by atoms with Gasteiger partial charge in [-0.05, 0) is 19.3 Å². The summed E-state index contributed by atoms with van der Waals surface area (Å²) < 4.78 is 48.7. The topological polar surface area (TPSA) is 176 Å². The summed E-state index contributed by atoms with van der Waals surface area (Å²) in [6.45, 7) is 13.1. The zero-order chi connectivity index (χ0) is 56.3. The Morgan fingerprint density at radius 1 is 0.558 bits per heavy atom. The van der Waals surface area contributed by atoms with E-state index in [1.165, 1.54) is 122 Å². The molecule has 1 unspecified atom stereocenters. The van der Waals surface area contributed by atoms with Crippen molar-refractivity contribution in [3.8, 4) is 5.88 Å². The first-order chi connectivity index (χ1) is 37.2. The van der Waals surface area contributed by atoms with Crippen molar-refractivity contribution in [2.75, 3.05) is 53.2 Å². The van der Waals surface area contributed by atoms with Gasteiger partial charge in [0, 0.05) is 37.2 Å². The van der Waals surface area contributed by atoms with E-state index in [2.05, 4.69) is 35.6 Å². The first-order valence-electron chi connectivity index (χ1n) is 30.7. The standard InChI is InChI=1S/C61H108N3O12S/c1-8-11-14-17-19-21-23-25-27-29-31-33-35-40-54(65)72-48-53(49-73-55(66)41-36-34-32-30-28-26-24-22-20-18-15-12-9-2)76-56(67)42-45-70-57(68)46-61(5,6)50-74-60(69)75-51(4)64(7)43-38-39-52(47-64)58-59(63-77-62-58)71-44-37-16-13-10-3/h39,51,53H,8-38,40-50H2,1-7H3/q+1/t51-,64?/m1/s1. The highest BCUT2D eigenvalue weighted by Crippen LogP contribution is 2.32. The van der Waals surface area contributed by atoms with E-state index in [9.17, 15) is 24.0 Å². The van der Waals surface area contributed by atoms with Crippen LogP contribution in [0.5, 0.6) is 5.88 Å². The van der Waals surface area contributed by atoms with E-state index >= 15 is 0 Å². The van der Waals surface area contributed by atoms with Crippen LogP contribution in [0, 0.1) is 5.41 Å². The Bertz CT molecular complexity index is 1710. The largest absolute Gasteiger partial charge is 0.512 e. The van der Waals surface area contributed by atoms with E-state index in [-0.39, 0.29) is 52.1 Å². The van der Waals surface area contributed by atoms with Gasteiger partial charge in [0.05, 0.1) is 44.8 Å². The average molecular weight is 1110 g/mol. The van der Waals surface area contributed by atoms with E-state index in [1.807, 2.05) is 14.0 Å². The van der Waals surface area contributed by atoms with E-state index in [0.29, 0.717) is 36.4 Å². The molecule has 0 N–H and O–H groups in total. The van der Waals surface area contributed by atoms with Gasteiger partial charge in [-0.3, -0.25) is 23.7 Å². The van der Waals surface area contributed by atoms with Crippen molar-refractivity contribution in [1.29, 1.82) is 0 Å². The summed E-state index contributed by atoms with van der Waals surface area (Å²) in [6, 6.07) is 0. The van der Waals surface area contributed by atoms with Crippen molar-refractivity contribution < 1.29 is 61.6 Å². The maximum atomic E-state index is 13.0. The quantitative estimate of drug-likeness (QED) is 0.0261. The fourth-order valence-electron chi connectivity index (χ4n) is 9.46. The van der Waals surface area contributed by atoms with E-state index < -0.39 is 47.8 Å². The molecule has 16 heteroatoms. The third-order valence-electron chi connectivity index (χ3n) is 14.6. The number of aromatic nitrogens is 2. The number of quaternary nitrogens is 1. The number of nitrogens with zero attached hydrogens (tertiary/aromatic N) is 3. The van der Waals surface area contributed by atoms with Crippen molar-refractivity contribution >= 4 is 47.3 Å². The highest BCUT2D eigenvalue weighted by Gasteiger charge is 2.38. The summed E-state index contributed by atoms with van der Waals surface area (Å²) in [6.07, 6.45) is 36.4. The molecule has 0 aliphatic carbocycles. The molecule has 0 spiro atoms. The zero-order valence-electron chi connectivity index (χ0n) is 49.6. The Hall–Kier alpha value is -3.79. The lowest BCUT2D eigenvalue weighted by Crippen LogP contribution is -2.55. The maximum Gasteiger partial charge on any atom is 0.512 e. The number of carbonyl (C=O) groups is 5. The van der Waals surface area contributed by atoms with Crippen LogP contribution in [0.2, 0.25) is 0 Å². The fourth-order valence-corrected chi connectivity index (χ4v) is 10.00. The predicted molar refractivity (Wildman–Crippen MR) is 306 cm³/mol. The third-order valence-corrected chi connectivity index (χ3v) is 15.1. The second kappa shape index (κ2) is 44.0. The van der Waals surface area contributed by atoms with Gasteiger partial charge in [0.1, 0.15) is 38.7 Å². The number of ether oxygens (including phenoxy) is 7. The summed E-state index contributed by atoms with van der Waals surface area (Å²) in [4.78, 5) is 64.4. The fraction of sp³-hybridized carbons (Fsp3) is 0.852. The molecule has 0 saturated carbocycles. The third kappa shape index (κ3) is 35.4. The molecule has 1 aromatic rings. The molecule has 0 radical (unpaired) electrons. The smallest absolute Gasteiger partial charge is 0.475 e. The van der Waals surface area contributed by atoms with Gasteiger partial charge >= 0.3 is 30.0 Å². The summed E-state index contributed by atoms with van der Waals surface area (Å²) in [5.74, 6) is -1.51. The summed E-state index contributed by atoms with van der Waals surface area (Å²) in [5.41, 5.74) is 0.933. The number of esters is 4. The second-order valence-corrected chi connectivity index (χ2v) is 23.3. The predicted octanol–water partition coefficient (Wildman–Crippen LogP) is 15.5. The van der Waals surface area contributed by atoms with Gasteiger partial charge in [0.25, 0.3) is 5.88 Å². The molecule has 77 heavy (non-hydrogen) atoms. The van der Waals surface area contributed by atoms with Gasteiger partial charge in [-0.2, -0.15) is 4.37 Å². The highest BCUT2D eigenvalue weighted by atomic mass is 32.1. The Labute approximate surface area is 470 Å². The van der Waals surface area contributed by atoms with Crippen molar-refractivity contribution in [2.45, 2.75) is 279 Å². The summed E-state index contributed by atoms with van der Waals surface area (Å²) in [7, 11) is 2.03. The van der Waals surface area contributed by atoms with Gasteiger partial charge < -0.3 is 33.2 Å². The van der Waals surface area contributed by atoms with Crippen LogP contribution < -0.4 is 4.74 Å². The van der Waals surface area contributed by atoms with E-state index in [4.69, 9.17) is 33.2 Å². The van der Waals surface area contributed by atoms with Gasteiger partial charge in [-0.1, -0.05) is 214 Å². The van der Waals surface area contributed by atoms with Crippen molar-refractivity contribution in [2.24, 2.45) is 5.41 Å². The van der Waals surface area contributed by atoms with Crippen molar-refractivity contribution in [3.05, 3.63) is 11.8 Å². The molecule has 0 bridgehead atoms. The van der Waals surface area contributed by atoms with Crippen LogP contribution in [0.25, 0.3) is 5.57 Å². The maximum absolute atomic E-state index is 13.0. The molecule has 2 atom stereocenters. The molecule has 15 nitrogen and oxygen atoms in total. The first-order valence-corrected chi connectivity index (χ1v) is 31.4. The van der Waals surface area contributed by atoms with Crippen LogP contribution in [-0.2, 0) is 47.6 Å². The number of rotatable bonds is 49. The number of unbranched alkanes of at least 4 members (excludes halogenated alkanes) is 27. The zero-order valence-corrected chi connectivity index (χ0v) is 50.4. The van der Waals surface area contributed by atoms with Crippen LogP contribution in [-0.4, -0.2) is 109 Å². The monoisotopic (exact) mass is 1110 g/mol. The van der Waals surface area contributed by atoms with Crippen LogP contribution in [0.3, 0.4) is 0 Å². The molecular formula is C61H108N3O12S+. The van der Waals surface area contributed by atoms with Crippen LogP contribution in [0.15, 0.2) is 6.08 Å². The Kier molecular flexibility index (Phi) is 39.6. The molecular weight excluding hydrogens is 999 g/mol. The van der Waals surface area contributed by atoms with Crippen molar-refractivity contribution in [3.63, 3.8) is 0 Å². The SMILES string of the molecule is CCCCCCCCCCCCCCCC(=O)OCC(COC(=O)CCCCCCCCCCCCCCC)OC(=O)CCOC(=O)CC(C)(C)COC(=O)O[C@H](C)[N+]1(C)CCC=C(c2nsnc2OCCCCCC)C1. The van der Waals surface area contributed by atoms with Gasteiger partial charge in [-0.15, -0.1) is 4.37 Å². The Morgan fingerprint density at radius 2 is 1.03 bits per heavy atom. The normalized spacial score (nSPS) is 14.9. The molecule has 0 saturated heterocycles. The van der Waals surface area contributed by atoms with E-state index in [1.54, 1.807) is 13.8 Å². The lowest BCUT2D eigenvalue weighted by atomic mass is 9.91. The van der Waals surface area contributed by atoms with E-state index in [0.717, 1.165) is 93.7 Å². The minimum Gasteiger partial charge on any atom is -0.475 e. The Morgan fingerprint density at radius 3 is 1.52 bits per heavy atom. The number of hydrogen-bond acceptors (Lipinski definition) is 15. The van der Waals surface area contributed by atoms with Gasteiger partial charge in [0.2, 0.25) is 6.23 Å². The summed E-state index contributed by atoms with van der Waals surface area (Å²) >= 11 is 1.12. The number of hydrogen-bond donors (Lipinski definition) is 0. The highest BCUT2D eigenvalue weighted by molar-refractivity contribution is 6.99. The van der Waals surface area contributed by atoms with Gasteiger partial charge in [0.15, 0.2) is 6.10 Å². The second-order valence-electron chi connectivity index (χ2n) is 22.7. The molecule has 1 aromatic heterocycles. The number of carbonyl (C=O) groups excluding carboxylic acids is 5. The van der Waals surface area contributed by atoms with Crippen LogP contribution in [0.1, 0.15) is 272 Å². The molecule has 0 fully saturated rings. The minimum absolute atomic E-state index is 0.0927. The first kappa shape index (κ1) is 69.3. The average Bonchev–Trinajstić information content (AvgIpc) is 3.88. The van der Waals surface area contributed by atoms with Crippen LogP contribution >= 0.6 is 11.7 Å². The van der Waals surface area contributed by atoms with Crippen LogP contribution in [0.4, 0.5) is 4.79 Å². The van der Waals surface area contributed by atoms with Gasteiger partial charge in [-0.25, -0.2) is 4.79 Å². The molecule has 0 amide bonds. The lowest BCUT2D eigenvalue weighted by molar-refractivity contribution is -0.944. The molecule has 1 aliphatic heterocycles. The molecule has 0 aromatic carbocycles. The summed E-state index contributed by atoms with van der Waals surface area (Å²) in [5, 5.41) is 0.